The number of aromatic amines is 1. The molecule has 1 unspecified atom stereocenters. The molecule has 18 heavy (non-hydrogen) atoms. The highest BCUT2D eigenvalue weighted by molar-refractivity contribution is 5.98. The number of likely N-dealkylation sites (tertiary alicyclic amines) is 1. The number of aryl methyl sites for hydroxylation is 1. The van der Waals surface area contributed by atoms with Crippen molar-refractivity contribution in [3.8, 4) is 0 Å². The van der Waals surface area contributed by atoms with Gasteiger partial charge in [-0.2, -0.15) is 5.10 Å². The van der Waals surface area contributed by atoms with Crippen LogP contribution in [0, 0.1) is 6.92 Å². The fourth-order valence-electron chi connectivity index (χ4n) is 2.27. The average Bonchev–Trinajstić information content (AvgIpc) is 2.83. The second-order valence-electron chi connectivity index (χ2n) is 4.44. The number of nitrogens with two attached hydrogens (primary N) is 1. The zero-order valence-corrected chi connectivity index (χ0v) is 10.3. The van der Waals surface area contributed by atoms with E-state index in [-0.39, 0.29) is 17.8 Å². The Balaban J connectivity index is 2.24. The molecule has 0 saturated carbocycles. The van der Waals surface area contributed by atoms with Gasteiger partial charge in [0.05, 0.1) is 17.8 Å². The predicted octanol–water partition coefficient (Wildman–Crippen LogP) is 0.459. The Bertz CT molecular complexity index is 468. The van der Waals surface area contributed by atoms with E-state index in [2.05, 4.69) is 15.4 Å². The lowest BCUT2D eigenvalue weighted by Crippen LogP contribution is -2.50. The molecule has 7 heteroatoms. The normalized spacial score (nSPS) is 21.1. The maximum Gasteiger partial charge on any atom is 0.257 e. The highest BCUT2D eigenvalue weighted by atomic mass is 16.4. The zero-order chi connectivity index (χ0) is 13.1. The Labute approximate surface area is 105 Å². The Morgan fingerprint density at radius 3 is 3.06 bits per heavy atom. The van der Waals surface area contributed by atoms with E-state index in [1.165, 1.54) is 6.20 Å². The summed E-state index contributed by atoms with van der Waals surface area (Å²) < 4.78 is 0. The van der Waals surface area contributed by atoms with Gasteiger partial charge in [-0.3, -0.25) is 9.89 Å². The fourth-order valence-corrected chi connectivity index (χ4v) is 2.27. The lowest BCUT2D eigenvalue weighted by molar-refractivity contribution is 0.0676. The Hall–Kier alpha value is -2.05. The summed E-state index contributed by atoms with van der Waals surface area (Å²) in [5.74, 6) is -0.0400. The standard InChI is InChI=1S/C11H17N5O2/c1-7-8(6-13-14-7)11(17)16-5-3-2-4-9(16)10(12)15-18/h6,9,18H,2-5H2,1H3,(H2,12,15)(H,13,14). The summed E-state index contributed by atoms with van der Waals surface area (Å²) in [4.78, 5) is 14.0. The molecule has 1 saturated heterocycles. The molecule has 0 aromatic carbocycles. The van der Waals surface area contributed by atoms with Gasteiger partial charge in [0.15, 0.2) is 5.84 Å². The van der Waals surface area contributed by atoms with Crippen LogP contribution < -0.4 is 5.73 Å². The van der Waals surface area contributed by atoms with Crippen molar-refractivity contribution >= 4 is 11.7 Å². The zero-order valence-electron chi connectivity index (χ0n) is 10.3. The first-order valence-electron chi connectivity index (χ1n) is 5.93. The molecule has 1 amide bonds. The highest BCUT2D eigenvalue weighted by Gasteiger charge is 2.31. The van der Waals surface area contributed by atoms with E-state index >= 15 is 0 Å². The van der Waals surface area contributed by atoms with E-state index < -0.39 is 0 Å². The number of hydrogen-bond acceptors (Lipinski definition) is 4. The van der Waals surface area contributed by atoms with E-state index in [0.29, 0.717) is 12.1 Å². The van der Waals surface area contributed by atoms with Crippen molar-refractivity contribution < 1.29 is 10.0 Å². The van der Waals surface area contributed by atoms with E-state index in [9.17, 15) is 4.79 Å². The third-order valence-corrected chi connectivity index (χ3v) is 3.28. The van der Waals surface area contributed by atoms with Crippen LogP contribution in [0.5, 0.6) is 0 Å². The van der Waals surface area contributed by atoms with E-state index in [4.69, 9.17) is 10.9 Å². The van der Waals surface area contributed by atoms with Crippen LogP contribution in [0.15, 0.2) is 11.4 Å². The number of carbonyl (C=O) groups is 1. The van der Waals surface area contributed by atoms with Crippen molar-refractivity contribution in [3.63, 3.8) is 0 Å². The van der Waals surface area contributed by atoms with Gasteiger partial charge in [-0.25, -0.2) is 0 Å². The van der Waals surface area contributed by atoms with Crippen LogP contribution in [0.1, 0.15) is 35.3 Å². The van der Waals surface area contributed by atoms with Crippen molar-refractivity contribution in [2.75, 3.05) is 6.54 Å². The monoisotopic (exact) mass is 251 g/mol. The summed E-state index contributed by atoms with van der Waals surface area (Å²) in [6, 6.07) is -0.328. The minimum absolute atomic E-state index is 0.0872. The van der Waals surface area contributed by atoms with Gasteiger partial charge < -0.3 is 15.8 Å². The molecule has 4 N–H and O–H groups in total. The number of piperidine rings is 1. The average molecular weight is 251 g/mol. The van der Waals surface area contributed by atoms with Gasteiger partial charge in [0.2, 0.25) is 0 Å². The Kier molecular flexibility index (Phi) is 3.50. The molecule has 2 rings (SSSR count). The Morgan fingerprint density at radius 2 is 2.44 bits per heavy atom. The van der Waals surface area contributed by atoms with Crippen LogP contribution in [0.3, 0.4) is 0 Å². The summed E-state index contributed by atoms with van der Waals surface area (Å²) in [6.07, 6.45) is 4.13. The van der Waals surface area contributed by atoms with Crippen LogP contribution in [-0.2, 0) is 0 Å². The third kappa shape index (κ3) is 2.15. The molecule has 1 atom stereocenters. The number of H-pyrrole nitrogens is 1. The number of amides is 1. The number of rotatable bonds is 2. The molecule has 0 bridgehead atoms. The number of oxime groups is 1. The first-order valence-corrected chi connectivity index (χ1v) is 5.93. The van der Waals surface area contributed by atoms with Crippen LogP contribution in [0.4, 0.5) is 0 Å². The highest BCUT2D eigenvalue weighted by Crippen LogP contribution is 2.20. The summed E-state index contributed by atoms with van der Waals surface area (Å²) in [5.41, 5.74) is 6.91. The number of hydrogen-bond donors (Lipinski definition) is 3. The number of nitrogens with zero attached hydrogens (tertiary/aromatic N) is 3. The van der Waals surface area contributed by atoms with Crippen LogP contribution in [-0.4, -0.2) is 44.6 Å². The maximum absolute atomic E-state index is 12.4. The summed E-state index contributed by atoms with van der Waals surface area (Å²) in [5, 5.41) is 18.4. The van der Waals surface area contributed by atoms with Crippen LogP contribution >= 0.6 is 0 Å². The van der Waals surface area contributed by atoms with Crippen LogP contribution in [0.25, 0.3) is 0 Å². The molecule has 7 nitrogen and oxygen atoms in total. The molecule has 1 aromatic rings. The third-order valence-electron chi connectivity index (χ3n) is 3.28. The maximum atomic E-state index is 12.4. The molecule has 0 spiro atoms. The summed E-state index contributed by atoms with van der Waals surface area (Å²) in [7, 11) is 0. The molecule has 1 fully saturated rings. The van der Waals surface area contributed by atoms with Crippen molar-refractivity contribution in [2.24, 2.45) is 10.9 Å². The minimum Gasteiger partial charge on any atom is -0.409 e. The van der Waals surface area contributed by atoms with Crippen molar-refractivity contribution in [3.05, 3.63) is 17.5 Å². The topological polar surface area (TPSA) is 108 Å². The van der Waals surface area contributed by atoms with Crippen molar-refractivity contribution in [1.82, 2.24) is 15.1 Å². The molecule has 0 radical (unpaired) electrons. The fraction of sp³-hybridized carbons (Fsp3) is 0.545. The van der Waals surface area contributed by atoms with Gasteiger partial charge in [-0.15, -0.1) is 0 Å². The number of nitrogens with one attached hydrogen (secondary N) is 1. The second-order valence-corrected chi connectivity index (χ2v) is 4.44. The van der Waals surface area contributed by atoms with E-state index in [0.717, 1.165) is 25.0 Å². The number of aromatic nitrogens is 2. The molecular weight excluding hydrogens is 234 g/mol. The lowest BCUT2D eigenvalue weighted by atomic mass is 10.00. The molecule has 0 aliphatic carbocycles. The smallest absolute Gasteiger partial charge is 0.257 e. The van der Waals surface area contributed by atoms with Crippen molar-refractivity contribution in [2.45, 2.75) is 32.2 Å². The SMILES string of the molecule is Cc1[nH]ncc1C(=O)N1CCCCC1C(N)=NO. The number of amidine groups is 1. The molecule has 98 valence electrons. The molecule has 1 aliphatic heterocycles. The first kappa shape index (κ1) is 12.4. The lowest BCUT2D eigenvalue weighted by Gasteiger charge is -2.34. The van der Waals surface area contributed by atoms with Gasteiger partial charge in [0.1, 0.15) is 0 Å². The van der Waals surface area contributed by atoms with Gasteiger partial charge in [-0.1, -0.05) is 5.16 Å². The quantitative estimate of drug-likeness (QED) is 0.307. The largest absolute Gasteiger partial charge is 0.409 e. The Morgan fingerprint density at radius 1 is 1.67 bits per heavy atom. The minimum atomic E-state index is -0.328. The molecule has 1 aliphatic rings. The van der Waals surface area contributed by atoms with Gasteiger partial charge in [0, 0.05) is 12.2 Å². The first-order chi connectivity index (χ1) is 8.65. The summed E-state index contributed by atoms with van der Waals surface area (Å²) in [6.45, 7) is 2.41. The molecular formula is C11H17N5O2. The van der Waals surface area contributed by atoms with Crippen LogP contribution in [0.2, 0.25) is 0 Å². The van der Waals surface area contributed by atoms with Gasteiger partial charge in [-0.05, 0) is 26.2 Å². The van der Waals surface area contributed by atoms with Gasteiger partial charge in [0.25, 0.3) is 5.91 Å². The molecule has 2 heterocycles. The predicted molar refractivity (Wildman–Crippen MR) is 65.4 cm³/mol. The number of carbonyl (C=O) groups excluding carboxylic acids is 1. The molecule has 1 aromatic heterocycles. The van der Waals surface area contributed by atoms with Gasteiger partial charge >= 0.3 is 0 Å². The van der Waals surface area contributed by atoms with E-state index in [1.807, 2.05) is 0 Å². The second kappa shape index (κ2) is 5.07. The van der Waals surface area contributed by atoms with E-state index in [1.54, 1.807) is 11.8 Å². The van der Waals surface area contributed by atoms with Crippen molar-refractivity contribution in [1.29, 1.82) is 0 Å². The summed E-state index contributed by atoms with van der Waals surface area (Å²) >= 11 is 0.